The molecule has 0 heterocycles. The Hall–Kier alpha value is -2.64. The van der Waals surface area contributed by atoms with Gasteiger partial charge in [0, 0.05) is 26.7 Å². The number of guanidine groups is 1. The molecule has 0 spiro atoms. The van der Waals surface area contributed by atoms with Gasteiger partial charge in [-0.3, -0.25) is 4.99 Å². The van der Waals surface area contributed by atoms with Gasteiger partial charge in [0.2, 0.25) is 0 Å². The number of carbonyl (C=O) groups is 1. The number of alkyl carbamates (subject to hydrolysis) is 1. The lowest BCUT2D eigenvalue weighted by Crippen LogP contribution is -2.42. The van der Waals surface area contributed by atoms with E-state index in [4.69, 9.17) is 14.2 Å². The normalized spacial score (nSPS) is 11.6. The van der Waals surface area contributed by atoms with Crippen LogP contribution in [-0.2, 0) is 11.3 Å². The van der Waals surface area contributed by atoms with Gasteiger partial charge in [0.15, 0.2) is 17.5 Å². The Morgan fingerprint density at radius 2 is 1.81 bits per heavy atom. The Bertz CT molecular complexity index is 627. The molecular weight excluding hydrogens is 348 g/mol. The van der Waals surface area contributed by atoms with Crippen LogP contribution < -0.4 is 25.4 Å². The third-order valence-corrected chi connectivity index (χ3v) is 3.30. The van der Waals surface area contributed by atoms with Crippen molar-refractivity contribution < 1.29 is 19.0 Å². The maximum Gasteiger partial charge on any atom is 0.407 e. The van der Waals surface area contributed by atoms with Crippen LogP contribution in [0.3, 0.4) is 0 Å². The molecule has 1 aromatic rings. The zero-order chi connectivity index (χ0) is 20.3. The topological polar surface area (TPSA) is 93.2 Å². The van der Waals surface area contributed by atoms with E-state index in [1.165, 1.54) is 0 Å². The van der Waals surface area contributed by atoms with Crippen molar-refractivity contribution in [2.75, 3.05) is 33.9 Å². The van der Waals surface area contributed by atoms with Gasteiger partial charge in [0.1, 0.15) is 5.60 Å². The number of carbonyl (C=O) groups excluding carboxylic acids is 1. The van der Waals surface area contributed by atoms with E-state index in [0.29, 0.717) is 43.7 Å². The van der Waals surface area contributed by atoms with Crippen LogP contribution in [0.15, 0.2) is 23.2 Å². The van der Waals surface area contributed by atoms with Gasteiger partial charge in [-0.1, -0.05) is 6.07 Å². The molecule has 0 aliphatic rings. The first kappa shape index (κ1) is 22.4. The molecule has 0 aliphatic carbocycles. The van der Waals surface area contributed by atoms with E-state index in [1.807, 2.05) is 45.9 Å². The number of ether oxygens (including phenoxy) is 3. The van der Waals surface area contributed by atoms with Crippen LogP contribution in [0, 0.1) is 0 Å². The number of rotatable bonds is 8. The zero-order valence-corrected chi connectivity index (χ0v) is 17.1. The van der Waals surface area contributed by atoms with Crippen LogP contribution in [0.5, 0.6) is 11.5 Å². The predicted octanol–water partition coefficient (Wildman–Crippen LogP) is 2.28. The predicted molar refractivity (Wildman–Crippen MR) is 107 cm³/mol. The summed E-state index contributed by atoms with van der Waals surface area (Å²) in [5.41, 5.74) is 0.530. The molecule has 1 rings (SSSR count). The monoisotopic (exact) mass is 380 g/mol. The summed E-state index contributed by atoms with van der Waals surface area (Å²) < 4.78 is 16.1. The maximum absolute atomic E-state index is 11.6. The minimum absolute atomic E-state index is 0.423. The number of aliphatic imine (C=N–C) groups is 1. The highest BCUT2D eigenvalue weighted by Crippen LogP contribution is 2.27. The fourth-order valence-electron chi connectivity index (χ4n) is 2.17. The van der Waals surface area contributed by atoms with Gasteiger partial charge >= 0.3 is 6.09 Å². The molecule has 152 valence electrons. The van der Waals surface area contributed by atoms with E-state index < -0.39 is 11.7 Å². The smallest absolute Gasteiger partial charge is 0.407 e. The number of hydrogen-bond donors (Lipinski definition) is 3. The Kier molecular flexibility index (Phi) is 9.25. The Morgan fingerprint density at radius 3 is 2.41 bits per heavy atom. The lowest BCUT2D eigenvalue weighted by atomic mass is 10.2. The SMILES string of the molecule is CCOc1cc(CNC(=NC)NCCNC(=O)OC(C)(C)C)ccc1OC. The maximum atomic E-state index is 11.6. The third kappa shape index (κ3) is 9.03. The average Bonchev–Trinajstić information content (AvgIpc) is 2.60. The Balaban J connectivity index is 2.42. The van der Waals surface area contributed by atoms with Crippen molar-refractivity contribution >= 4 is 12.1 Å². The molecule has 0 fully saturated rings. The molecule has 0 saturated heterocycles. The standard InChI is InChI=1S/C19H32N4O4/c1-7-26-16-12-14(8-9-15(16)25-6)13-23-17(20-5)21-10-11-22-18(24)27-19(2,3)4/h8-9,12H,7,10-11,13H2,1-6H3,(H,22,24)(H2,20,21,23). The highest BCUT2D eigenvalue weighted by molar-refractivity contribution is 5.79. The number of benzene rings is 1. The highest BCUT2D eigenvalue weighted by Gasteiger charge is 2.15. The fourth-order valence-corrected chi connectivity index (χ4v) is 2.17. The third-order valence-electron chi connectivity index (χ3n) is 3.30. The van der Waals surface area contributed by atoms with Crippen LogP contribution in [-0.4, -0.2) is 51.5 Å². The number of nitrogens with one attached hydrogen (secondary N) is 3. The van der Waals surface area contributed by atoms with E-state index in [1.54, 1.807) is 14.2 Å². The van der Waals surface area contributed by atoms with Crippen molar-refractivity contribution in [1.29, 1.82) is 0 Å². The van der Waals surface area contributed by atoms with E-state index >= 15 is 0 Å². The lowest BCUT2D eigenvalue weighted by Gasteiger charge is -2.20. The molecule has 8 nitrogen and oxygen atoms in total. The van der Waals surface area contributed by atoms with E-state index in [0.717, 1.165) is 5.56 Å². The molecule has 27 heavy (non-hydrogen) atoms. The van der Waals surface area contributed by atoms with Gasteiger partial charge in [0.25, 0.3) is 0 Å². The van der Waals surface area contributed by atoms with Crippen molar-refractivity contribution in [3.63, 3.8) is 0 Å². The largest absolute Gasteiger partial charge is 0.493 e. The highest BCUT2D eigenvalue weighted by atomic mass is 16.6. The molecule has 0 radical (unpaired) electrons. The molecule has 0 aliphatic heterocycles. The van der Waals surface area contributed by atoms with E-state index in [-0.39, 0.29) is 0 Å². The Labute approximate surface area is 161 Å². The summed E-state index contributed by atoms with van der Waals surface area (Å²) in [5, 5.41) is 9.04. The molecule has 3 N–H and O–H groups in total. The number of hydrogen-bond acceptors (Lipinski definition) is 5. The van der Waals surface area contributed by atoms with Gasteiger partial charge in [-0.15, -0.1) is 0 Å². The van der Waals surface area contributed by atoms with Crippen molar-refractivity contribution in [2.24, 2.45) is 4.99 Å². The molecule has 8 heteroatoms. The first-order valence-electron chi connectivity index (χ1n) is 9.00. The molecule has 0 atom stereocenters. The van der Waals surface area contributed by atoms with Crippen LogP contribution in [0.4, 0.5) is 4.79 Å². The molecule has 0 unspecified atom stereocenters. The van der Waals surface area contributed by atoms with Crippen LogP contribution >= 0.6 is 0 Å². The summed E-state index contributed by atoms with van der Waals surface area (Å²) in [7, 11) is 3.31. The number of amides is 1. The average molecular weight is 380 g/mol. The summed E-state index contributed by atoms with van der Waals surface area (Å²) in [4.78, 5) is 15.8. The van der Waals surface area contributed by atoms with Gasteiger partial charge in [-0.25, -0.2) is 4.79 Å². The lowest BCUT2D eigenvalue weighted by molar-refractivity contribution is 0.0529. The second-order valence-electron chi connectivity index (χ2n) is 6.70. The van der Waals surface area contributed by atoms with Crippen molar-refractivity contribution in [1.82, 2.24) is 16.0 Å². The second-order valence-corrected chi connectivity index (χ2v) is 6.70. The minimum Gasteiger partial charge on any atom is -0.493 e. The zero-order valence-electron chi connectivity index (χ0n) is 17.1. The van der Waals surface area contributed by atoms with Crippen LogP contribution in [0.25, 0.3) is 0 Å². The second kappa shape index (κ2) is 11.2. The number of nitrogens with zero attached hydrogens (tertiary/aromatic N) is 1. The van der Waals surface area contributed by atoms with Gasteiger partial charge in [0.05, 0.1) is 13.7 Å². The number of methoxy groups -OCH3 is 1. The fraction of sp³-hybridized carbons (Fsp3) is 0.579. The Morgan fingerprint density at radius 1 is 1.11 bits per heavy atom. The molecule has 0 bridgehead atoms. The molecule has 0 aromatic heterocycles. The van der Waals surface area contributed by atoms with Crippen molar-refractivity contribution in [3.8, 4) is 11.5 Å². The molecule has 1 amide bonds. The van der Waals surface area contributed by atoms with Crippen molar-refractivity contribution in [3.05, 3.63) is 23.8 Å². The van der Waals surface area contributed by atoms with Gasteiger partial charge in [-0.05, 0) is 45.4 Å². The quantitative estimate of drug-likeness (QED) is 0.364. The molecule has 1 aromatic carbocycles. The first-order chi connectivity index (χ1) is 12.8. The van der Waals surface area contributed by atoms with Crippen LogP contribution in [0.2, 0.25) is 0 Å². The summed E-state index contributed by atoms with van der Waals surface area (Å²) in [6, 6.07) is 5.78. The van der Waals surface area contributed by atoms with Gasteiger partial charge in [-0.2, -0.15) is 0 Å². The summed E-state index contributed by atoms with van der Waals surface area (Å²) in [6.45, 7) is 9.50. The summed E-state index contributed by atoms with van der Waals surface area (Å²) >= 11 is 0. The van der Waals surface area contributed by atoms with Gasteiger partial charge < -0.3 is 30.2 Å². The molecular formula is C19H32N4O4. The first-order valence-corrected chi connectivity index (χ1v) is 9.00. The summed E-state index contributed by atoms with van der Waals surface area (Å²) in [6.07, 6.45) is -0.436. The van der Waals surface area contributed by atoms with Crippen molar-refractivity contribution in [2.45, 2.75) is 39.8 Å². The van der Waals surface area contributed by atoms with Crippen LogP contribution in [0.1, 0.15) is 33.3 Å². The summed E-state index contributed by atoms with van der Waals surface area (Å²) in [5.74, 6) is 2.05. The van der Waals surface area contributed by atoms with E-state index in [9.17, 15) is 4.79 Å². The molecule has 0 saturated carbocycles. The van der Waals surface area contributed by atoms with E-state index in [2.05, 4.69) is 20.9 Å². The minimum atomic E-state index is -0.506.